The van der Waals surface area contributed by atoms with E-state index in [2.05, 4.69) is 4.72 Å². The fraction of sp³-hybridized carbons (Fsp3) is 0.571. The smallest absolute Gasteiger partial charge is 0.244 e. The number of nitrogens with one attached hydrogen (secondary N) is 1. The highest BCUT2D eigenvalue weighted by Crippen LogP contribution is 2.48. The molecule has 2 aliphatic rings. The molecule has 0 aliphatic heterocycles. The van der Waals surface area contributed by atoms with Gasteiger partial charge in [-0.25, -0.2) is 13.1 Å². The van der Waals surface area contributed by atoms with Crippen LogP contribution in [0.2, 0.25) is 5.02 Å². The second kappa shape index (κ2) is 5.20. The highest BCUT2D eigenvalue weighted by molar-refractivity contribution is 7.89. The van der Waals surface area contributed by atoms with Crippen LogP contribution in [0.1, 0.15) is 25.7 Å². The zero-order valence-electron chi connectivity index (χ0n) is 11.2. The van der Waals surface area contributed by atoms with Crippen LogP contribution in [0.3, 0.4) is 0 Å². The largest absolute Gasteiger partial charge is 0.398 e. The summed E-state index contributed by atoms with van der Waals surface area (Å²) in [5.74, 6) is 1.96. The Hall–Kier alpha value is -0.780. The van der Waals surface area contributed by atoms with Crippen LogP contribution in [0.15, 0.2) is 23.1 Å². The lowest BCUT2D eigenvalue weighted by atomic mass is 9.89. The lowest BCUT2D eigenvalue weighted by Gasteiger charge is -2.22. The summed E-state index contributed by atoms with van der Waals surface area (Å²) in [7, 11) is -3.63. The number of benzene rings is 1. The SMILES string of the molecule is Nc1cccc(Cl)c1S(=O)(=O)NCC1CC2CCC1C2. The Labute approximate surface area is 124 Å². The molecule has 3 atom stereocenters. The van der Waals surface area contributed by atoms with Crippen LogP contribution in [0.25, 0.3) is 0 Å². The molecule has 0 saturated heterocycles. The number of fused-ring (bicyclic) bond motifs is 2. The summed E-state index contributed by atoms with van der Waals surface area (Å²) in [6.07, 6.45) is 4.96. The summed E-state index contributed by atoms with van der Waals surface area (Å²) in [5, 5.41) is 0.172. The third-order valence-corrected chi connectivity index (χ3v) is 6.65. The van der Waals surface area contributed by atoms with Crippen LogP contribution in [0.5, 0.6) is 0 Å². The predicted molar refractivity (Wildman–Crippen MR) is 80.0 cm³/mol. The van der Waals surface area contributed by atoms with Gasteiger partial charge in [-0.3, -0.25) is 0 Å². The standard InChI is InChI=1S/C14H19ClN2O2S/c15-12-2-1-3-13(16)14(12)20(18,19)17-8-11-7-9-4-5-10(11)6-9/h1-3,9-11,17H,4-8,16H2. The summed E-state index contributed by atoms with van der Waals surface area (Å²) < 4.78 is 27.4. The van der Waals surface area contributed by atoms with Crippen LogP contribution >= 0.6 is 11.6 Å². The summed E-state index contributed by atoms with van der Waals surface area (Å²) in [4.78, 5) is 0.00447. The second-order valence-electron chi connectivity index (χ2n) is 5.95. The highest BCUT2D eigenvalue weighted by atomic mass is 35.5. The fourth-order valence-corrected chi connectivity index (χ4v) is 5.49. The van der Waals surface area contributed by atoms with Gasteiger partial charge in [0.15, 0.2) is 0 Å². The van der Waals surface area contributed by atoms with Crippen molar-refractivity contribution in [3.8, 4) is 0 Å². The molecule has 2 aliphatic carbocycles. The quantitative estimate of drug-likeness (QED) is 0.839. The number of nitrogen functional groups attached to an aromatic ring is 1. The molecule has 4 nitrogen and oxygen atoms in total. The average molecular weight is 315 g/mol. The summed E-state index contributed by atoms with van der Waals surface area (Å²) >= 11 is 5.97. The molecule has 110 valence electrons. The molecular weight excluding hydrogens is 296 g/mol. The number of rotatable bonds is 4. The van der Waals surface area contributed by atoms with Gasteiger partial charge in [0.25, 0.3) is 0 Å². The zero-order chi connectivity index (χ0) is 14.3. The van der Waals surface area contributed by atoms with Crippen molar-refractivity contribution >= 4 is 27.3 Å². The van der Waals surface area contributed by atoms with Crippen LogP contribution < -0.4 is 10.5 Å². The second-order valence-corrected chi connectivity index (χ2v) is 8.06. The predicted octanol–water partition coefficient (Wildman–Crippen LogP) is 2.64. The van der Waals surface area contributed by atoms with Crippen molar-refractivity contribution in [1.29, 1.82) is 0 Å². The summed E-state index contributed by atoms with van der Waals surface area (Å²) in [6.45, 7) is 0.494. The van der Waals surface area contributed by atoms with Crippen molar-refractivity contribution in [2.45, 2.75) is 30.6 Å². The van der Waals surface area contributed by atoms with Crippen molar-refractivity contribution in [2.24, 2.45) is 17.8 Å². The minimum absolute atomic E-state index is 0.00447. The van der Waals surface area contributed by atoms with Crippen molar-refractivity contribution in [3.63, 3.8) is 0 Å². The van der Waals surface area contributed by atoms with Gasteiger partial charge in [-0.2, -0.15) is 0 Å². The molecular formula is C14H19ClN2O2S. The molecule has 0 amide bonds. The van der Waals surface area contributed by atoms with Crippen LogP contribution in [-0.4, -0.2) is 15.0 Å². The van der Waals surface area contributed by atoms with E-state index >= 15 is 0 Å². The molecule has 1 aromatic rings. The first-order chi connectivity index (χ1) is 9.47. The van der Waals surface area contributed by atoms with Crippen LogP contribution in [-0.2, 0) is 10.0 Å². The molecule has 2 saturated carbocycles. The molecule has 0 spiro atoms. The molecule has 0 aromatic heterocycles. The topological polar surface area (TPSA) is 72.2 Å². The normalized spacial score (nSPS) is 28.9. The molecule has 3 unspecified atom stereocenters. The Morgan fingerprint density at radius 2 is 2.10 bits per heavy atom. The average Bonchev–Trinajstić information content (AvgIpc) is 2.98. The molecule has 6 heteroatoms. The number of sulfonamides is 1. The lowest BCUT2D eigenvalue weighted by Crippen LogP contribution is -2.32. The molecule has 3 N–H and O–H groups in total. The van der Waals surface area contributed by atoms with Crippen molar-refractivity contribution < 1.29 is 8.42 Å². The van der Waals surface area contributed by atoms with Gasteiger partial charge in [0.05, 0.1) is 10.7 Å². The van der Waals surface area contributed by atoms with E-state index in [0.29, 0.717) is 18.4 Å². The minimum atomic E-state index is -3.63. The molecule has 3 rings (SSSR count). The number of hydrogen-bond donors (Lipinski definition) is 2. The highest BCUT2D eigenvalue weighted by Gasteiger charge is 2.39. The van der Waals surface area contributed by atoms with Crippen LogP contribution in [0.4, 0.5) is 5.69 Å². The van der Waals surface area contributed by atoms with E-state index in [4.69, 9.17) is 17.3 Å². The Morgan fingerprint density at radius 3 is 2.70 bits per heavy atom. The number of halogens is 1. The van der Waals surface area contributed by atoms with E-state index in [1.165, 1.54) is 19.3 Å². The van der Waals surface area contributed by atoms with Gasteiger partial charge in [0, 0.05) is 6.54 Å². The van der Waals surface area contributed by atoms with Crippen molar-refractivity contribution in [2.75, 3.05) is 12.3 Å². The van der Waals surface area contributed by atoms with E-state index in [-0.39, 0.29) is 15.6 Å². The van der Waals surface area contributed by atoms with Gasteiger partial charge in [-0.15, -0.1) is 0 Å². The lowest BCUT2D eigenvalue weighted by molar-refractivity contribution is 0.333. The van der Waals surface area contributed by atoms with Crippen LogP contribution in [0, 0.1) is 17.8 Å². The Balaban J connectivity index is 1.73. The molecule has 2 bridgehead atoms. The van der Waals surface area contributed by atoms with Crippen molar-refractivity contribution in [3.05, 3.63) is 23.2 Å². The molecule has 0 radical (unpaired) electrons. The number of anilines is 1. The van der Waals surface area contributed by atoms with Crippen molar-refractivity contribution in [1.82, 2.24) is 4.72 Å². The minimum Gasteiger partial charge on any atom is -0.398 e. The Kier molecular flexibility index (Phi) is 3.69. The summed E-state index contributed by atoms with van der Waals surface area (Å²) in [6, 6.07) is 4.74. The fourth-order valence-electron chi connectivity index (χ4n) is 3.72. The Bertz CT molecular complexity index is 597. The maximum atomic E-state index is 12.4. The van der Waals surface area contributed by atoms with E-state index in [1.807, 2.05) is 0 Å². The monoisotopic (exact) mass is 314 g/mol. The molecule has 2 fully saturated rings. The maximum absolute atomic E-state index is 12.4. The van der Waals surface area contributed by atoms with Gasteiger partial charge in [-0.1, -0.05) is 24.1 Å². The molecule has 1 aromatic carbocycles. The number of nitrogens with two attached hydrogens (primary N) is 1. The number of hydrogen-bond acceptors (Lipinski definition) is 3. The van der Waals surface area contributed by atoms with E-state index in [9.17, 15) is 8.42 Å². The first kappa shape index (κ1) is 14.2. The Morgan fingerprint density at radius 1 is 1.30 bits per heavy atom. The zero-order valence-corrected chi connectivity index (χ0v) is 12.8. The van der Waals surface area contributed by atoms with E-state index in [1.54, 1.807) is 18.2 Å². The van der Waals surface area contributed by atoms with Gasteiger partial charge in [-0.05, 0) is 49.1 Å². The first-order valence-electron chi connectivity index (χ1n) is 7.01. The maximum Gasteiger partial charge on any atom is 0.244 e. The molecule has 0 heterocycles. The molecule has 20 heavy (non-hydrogen) atoms. The first-order valence-corrected chi connectivity index (χ1v) is 8.87. The third-order valence-electron chi connectivity index (χ3n) is 4.69. The van der Waals surface area contributed by atoms with E-state index in [0.717, 1.165) is 12.3 Å². The van der Waals surface area contributed by atoms with E-state index < -0.39 is 10.0 Å². The van der Waals surface area contributed by atoms with Gasteiger partial charge < -0.3 is 5.73 Å². The summed E-state index contributed by atoms with van der Waals surface area (Å²) in [5.41, 5.74) is 5.94. The third kappa shape index (κ3) is 2.54. The van der Waals surface area contributed by atoms with Gasteiger partial charge >= 0.3 is 0 Å². The van der Waals surface area contributed by atoms with Gasteiger partial charge in [0.1, 0.15) is 4.90 Å². The van der Waals surface area contributed by atoms with Gasteiger partial charge in [0.2, 0.25) is 10.0 Å².